The number of nitrogens with one attached hydrogen (secondary N) is 1. The highest BCUT2D eigenvalue weighted by molar-refractivity contribution is 14.1. The molecule has 1 aromatic carbocycles. The SMILES string of the molecule is COc1cc(CO)cc(I)c1OC1C=C(C(=O)NCCO)CC(N(CC23CC4CC(CC(C4)C2)C3)C(=O)CC(C)C)C1O. The molecule has 1 aromatic rings. The second-order valence-electron chi connectivity index (χ2n) is 13.8. The van der Waals surface area contributed by atoms with Crippen LogP contribution in [0.3, 0.4) is 0 Å². The van der Waals surface area contributed by atoms with Crippen molar-refractivity contribution in [3.8, 4) is 11.5 Å². The van der Waals surface area contributed by atoms with Crippen molar-refractivity contribution < 1.29 is 34.4 Å². The van der Waals surface area contributed by atoms with Crippen LogP contribution in [0.25, 0.3) is 0 Å². The van der Waals surface area contributed by atoms with E-state index >= 15 is 0 Å². The third-order valence-corrected chi connectivity index (χ3v) is 10.7. The van der Waals surface area contributed by atoms with Crippen molar-refractivity contribution in [3.05, 3.63) is 32.9 Å². The zero-order valence-electron chi connectivity index (χ0n) is 25.6. The molecule has 9 nitrogen and oxygen atoms in total. The van der Waals surface area contributed by atoms with E-state index in [1.165, 1.54) is 26.4 Å². The van der Waals surface area contributed by atoms with Crippen LogP contribution in [0.1, 0.15) is 70.8 Å². The average Bonchev–Trinajstić information content (AvgIpc) is 2.95. The van der Waals surface area contributed by atoms with Crippen LogP contribution in [0.15, 0.2) is 23.8 Å². The Morgan fingerprint density at radius 1 is 1.12 bits per heavy atom. The van der Waals surface area contributed by atoms with Crippen LogP contribution in [0.2, 0.25) is 0 Å². The summed E-state index contributed by atoms with van der Waals surface area (Å²) in [5.74, 6) is 2.78. The van der Waals surface area contributed by atoms with E-state index in [9.17, 15) is 24.9 Å². The van der Waals surface area contributed by atoms with Gasteiger partial charge >= 0.3 is 0 Å². The normalized spacial score (nSPS) is 31.1. The number of nitrogens with zero attached hydrogens (tertiary/aromatic N) is 1. The molecule has 0 heterocycles. The maximum Gasteiger partial charge on any atom is 0.247 e. The number of amides is 2. The van der Waals surface area contributed by atoms with Crippen LogP contribution in [0.5, 0.6) is 11.5 Å². The predicted octanol–water partition coefficient (Wildman–Crippen LogP) is 3.80. The fourth-order valence-electron chi connectivity index (χ4n) is 8.60. The smallest absolute Gasteiger partial charge is 0.247 e. The van der Waals surface area contributed by atoms with Crippen molar-refractivity contribution >= 4 is 34.4 Å². The van der Waals surface area contributed by atoms with Crippen LogP contribution in [-0.2, 0) is 16.2 Å². The van der Waals surface area contributed by atoms with Crippen LogP contribution < -0.4 is 14.8 Å². The number of methoxy groups -OCH3 is 1. The molecule has 0 aliphatic heterocycles. The van der Waals surface area contributed by atoms with Gasteiger partial charge < -0.3 is 35.0 Å². The van der Waals surface area contributed by atoms with E-state index in [2.05, 4.69) is 27.9 Å². The number of hydrogen-bond acceptors (Lipinski definition) is 7. The van der Waals surface area contributed by atoms with Gasteiger partial charge in [0.25, 0.3) is 0 Å². The van der Waals surface area contributed by atoms with Crippen molar-refractivity contribution in [2.45, 2.75) is 90.1 Å². The van der Waals surface area contributed by atoms with Crippen LogP contribution in [0, 0.1) is 32.7 Å². The Bertz CT molecular complexity index is 1180. The van der Waals surface area contributed by atoms with E-state index < -0.39 is 18.2 Å². The van der Waals surface area contributed by atoms with Gasteiger partial charge in [-0.2, -0.15) is 0 Å². The lowest BCUT2D eigenvalue weighted by Gasteiger charge is -2.58. The monoisotopic (exact) mass is 710 g/mol. The highest BCUT2D eigenvalue weighted by Gasteiger charge is 2.53. The Balaban J connectivity index is 1.49. The summed E-state index contributed by atoms with van der Waals surface area (Å²) < 4.78 is 12.7. The van der Waals surface area contributed by atoms with Gasteiger partial charge in [0.1, 0.15) is 12.2 Å². The lowest BCUT2D eigenvalue weighted by atomic mass is 9.49. The molecule has 0 saturated heterocycles. The molecular formula is C33H47IN2O7. The minimum Gasteiger partial charge on any atom is -0.493 e. The standard InChI is InChI=1S/C33H47IN2O7/c1-19(2)6-29(39)36(18-33-14-20-7-21(15-33)9-22(8-20)16-33)26-12-24(32(41)35-4-5-37)13-27(30(26)40)43-31-25(34)10-23(17-38)11-28(31)42-3/h10-11,13,19-22,26-27,30,37-38,40H,4-9,12,14-18H2,1-3H3,(H,35,41). The fraction of sp³-hybridized carbons (Fsp3) is 0.697. The average molecular weight is 711 g/mol. The number of benzene rings is 1. The molecule has 0 spiro atoms. The first-order valence-corrected chi connectivity index (χ1v) is 16.8. The van der Waals surface area contributed by atoms with Crippen molar-refractivity contribution in [2.75, 3.05) is 26.8 Å². The van der Waals surface area contributed by atoms with E-state index in [1.807, 2.05) is 18.7 Å². The number of aliphatic hydroxyl groups is 3. The number of rotatable bonds is 12. The Kier molecular flexibility index (Phi) is 10.3. The van der Waals surface area contributed by atoms with E-state index in [4.69, 9.17) is 9.47 Å². The zero-order chi connectivity index (χ0) is 30.9. The first kappa shape index (κ1) is 32.5. The third kappa shape index (κ3) is 7.17. The van der Waals surface area contributed by atoms with E-state index in [1.54, 1.807) is 18.2 Å². The Morgan fingerprint density at radius 3 is 2.33 bits per heavy atom. The summed E-state index contributed by atoms with van der Waals surface area (Å²) >= 11 is 2.11. The Hall–Kier alpha value is -1.89. The first-order valence-electron chi connectivity index (χ1n) is 15.8. The van der Waals surface area contributed by atoms with Gasteiger partial charge in [-0.05, 0) is 114 Å². The topological polar surface area (TPSA) is 129 Å². The Labute approximate surface area is 268 Å². The molecule has 10 heteroatoms. The molecule has 4 fully saturated rings. The van der Waals surface area contributed by atoms with E-state index in [-0.39, 0.29) is 49.3 Å². The number of carbonyl (C=O) groups is 2. The van der Waals surface area contributed by atoms with Crippen LogP contribution in [-0.4, -0.2) is 77.1 Å². The molecule has 4 bridgehead atoms. The Morgan fingerprint density at radius 2 is 1.77 bits per heavy atom. The number of halogens is 1. The van der Waals surface area contributed by atoms with Crippen LogP contribution in [0.4, 0.5) is 0 Å². The first-order chi connectivity index (χ1) is 20.5. The maximum absolute atomic E-state index is 14.0. The van der Waals surface area contributed by atoms with Crippen LogP contribution >= 0.6 is 22.6 Å². The molecule has 238 valence electrons. The summed E-state index contributed by atoms with van der Waals surface area (Å²) in [7, 11) is 1.51. The van der Waals surface area contributed by atoms with Gasteiger partial charge in [-0.15, -0.1) is 0 Å². The molecule has 5 aliphatic carbocycles. The number of ether oxygens (including phenoxy) is 2. The molecular weight excluding hydrogens is 663 g/mol. The molecule has 2 amide bonds. The van der Waals surface area contributed by atoms with Gasteiger partial charge in [0, 0.05) is 31.5 Å². The summed E-state index contributed by atoms with van der Waals surface area (Å²) in [6.45, 7) is 4.40. The summed E-state index contributed by atoms with van der Waals surface area (Å²) in [5, 5.41) is 33.7. The lowest BCUT2D eigenvalue weighted by molar-refractivity contribution is -0.147. The second-order valence-corrected chi connectivity index (χ2v) is 15.0. The van der Waals surface area contributed by atoms with Crippen molar-refractivity contribution in [2.24, 2.45) is 29.1 Å². The van der Waals surface area contributed by atoms with Gasteiger partial charge in [-0.3, -0.25) is 9.59 Å². The van der Waals surface area contributed by atoms with Gasteiger partial charge in [0.05, 0.1) is 29.9 Å². The molecule has 0 aromatic heterocycles. The van der Waals surface area contributed by atoms with Gasteiger partial charge in [-0.25, -0.2) is 0 Å². The number of carbonyl (C=O) groups excluding carboxylic acids is 2. The second kappa shape index (κ2) is 13.6. The molecule has 4 N–H and O–H groups in total. The highest BCUT2D eigenvalue weighted by atomic mass is 127. The lowest BCUT2D eigenvalue weighted by Crippen LogP contribution is -2.59. The van der Waals surface area contributed by atoms with Crippen molar-refractivity contribution in [1.29, 1.82) is 0 Å². The minimum atomic E-state index is -1.09. The molecule has 43 heavy (non-hydrogen) atoms. The molecule has 4 saturated carbocycles. The van der Waals surface area contributed by atoms with Gasteiger partial charge in [0.15, 0.2) is 11.5 Å². The molecule has 0 radical (unpaired) electrons. The van der Waals surface area contributed by atoms with Gasteiger partial charge in [-0.1, -0.05) is 13.8 Å². The number of hydrogen-bond donors (Lipinski definition) is 4. The van der Waals surface area contributed by atoms with E-state index in [0.29, 0.717) is 39.2 Å². The summed E-state index contributed by atoms with van der Waals surface area (Å²) in [5.41, 5.74) is 1.13. The molecule has 5 aliphatic rings. The largest absolute Gasteiger partial charge is 0.493 e. The zero-order valence-corrected chi connectivity index (χ0v) is 27.7. The summed E-state index contributed by atoms with van der Waals surface area (Å²) in [6, 6.07) is 2.83. The molecule has 3 atom stereocenters. The van der Waals surface area contributed by atoms with E-state index in [0.717, 1.165) is 37.0 Å². The molecule has 6 rings (SSSR count). The third-order valence-electron chi connectivity index (χ3n) is 9.91. The summed E-state index contributed by atoms with van der Waals surface area (Å²) in [4.78, 5) is 29.2. The van der Waals surface area contributed by atoms with Gasteiger partial charge in [0.2, 0.25) is 11.8 Å². The predicted molar refractivity (Wildman–Crippen MR) is 170 cm³/mol. The maximum atomic E-state index is 14.0. The van der Waals surface area contributed by atoms with Crippen molar-refractivity contribution in [3.63, 3.8) is 0 Å². The summed E-state index contributed by atoms with van der Waals surface area (Å²) in [6.07, 6.45) is 7.46. The molecule has 3 unspecified atom stereocenters. The fourth-order valence-corrected chi connectivity index (χ4v) is 9.39. The quantitative estimate of drug-likeness (QED) is 0.243. The van der Waals surface area contributed by atoms with Crippen molar-refractivity contribution in [1.82, 2.24) is 10.2 Å². The number of aliphatic hydroxyl groups excluding tert-OH is 3. The highest BCUT2D eigenvalue weighted by Crippen LogP contribution is 2.60. The minimum absolute atomic E-state index is 0.00465.